The lowest BCUT2D eigenvalue weighted by Crippen LogP contribution is -1.56. The van der Waals surface area contributed by atoms with E-state index >= 15 is 0 Å². The van der Waals surface area contributed by atoms with Crippen molar-refractivity contribution in [2.75, 3.05) is 0 Å². The van der Waals surface area contributed by atoms with Crippen LogP contribution in [0.3, 0.4) is 0 Å². The molecule has 0 saturated carbocycles. The Bertz CT molecular complexity index is 342. The summed E-state index contributed by atoms with van der Waals surface area (Å²) in [6, 6.07) is 17.4. The van der Waals surface area contributed by atoms with Crippen molar-refractivity contribution in [2.45, 2.75) is 0 Å². The summed E-state index contributed by atoms with van der Waals surface area (Å²) in [5.74, 6) is 0.644. The average molecular weight is 272 g/mol. The first-order chi connectivity index (χ1) is 9.79. The molecule has 0 heterocycles. The van der Waals surface area contributed by atoms with Crippen LogP contribution in [-0.2, 0) is 0 Å². The molecule has 0 radical (unpaired) electrons. The van der Waals surface area contributed by atoms with Crippen molar-refractivity contribution in [3.8, 4) is 11.5 Å². The monoisotopic (exact) mass is 272 g/mol. The quantitative estimate of drug-likeness (QED) is 0.648. The minimum absolute atomic E-state index is 0.322. The molecule has 2 heteroatoms. The third-order valence-electron chi connectivity index (χ3n) is 1.51. The van der Waals surface area contributed by atoms with Gasteiger partial charge in [0.15, 0.2) is 0 Å². The van der Waals surface area contributed by atoms with Crippen molar-refractivity contribution in [2.24, 2.45) is 0 Å². The first-order valence-corrected chi connectivity index (χ1v) is 5.77. The van der Waals surface area contributed by atoms with Gasteiger partial charge in [-0.2, -0.15) is 0 Å². The zero-order valence-corrected chi connectivity index (χ0v) is 11.9. The van der Waals surface area contributed by atoms with Crippen molar-refractivity contribution < 1.29 is 10.2 Å². The van der Waals surface area contributed by atoms with Gasteiger partial charge in [-0.05, 0) is 24.3 Å². The highest BCUT2D eigenvalue weighted by atomic mass is 16.3. The molecule has 0 aliphatic heterocycles. The number of hydrogen-bond acceptors (Lipinski definition) is 2. The number of hydrogen-bond donors (Lipinski definition) is 2. The third-order valence-corrected chi connectivity index (χ3v) is 1.51. The van der Waals surface area contributed by atoms with Crippen LogP contribution in [0.5, 0.6) is 11.5 Å². The topological polar surface area (TPSA) is 40.5 Å². The molecule has 0 amide bonds. The van der Waals surface area contributed by atoms with E-state index < -0.39 is 0 Å². The van der Waals surface area contributed by atoms with Crippen LogP contribution in [-0.4, -0.2) is 10.2 Å². The van der Waals surface area contributed by atoms with Crippen molar-refractivity contribution in [3.05, 3.63) is 100 Å². The second kappa shape index (κ2) is 21.5. The molecule has 2 nitrogen and oxygen atoms in total. The molecule has 2 aromatic rings. The van der Waals surface area contributed by atoms with Gasteiger partial charge in [0.05, 0.1) is 0 Å². The van der Waals surface area contributed by atoms with Gasteiger partial charge in [0.25, 0.3) is 0 Å². The molecule has 20 heavy (non-hydrogen) atoms. The van der Waals surface area contributed by atoms with Gasteiger partial charge in [-0.15, -0.1) is 39.5 Å². The van der Waals surface area contributed by atoms with E-state index in [4.69, 9.17) is 10.2 Å². The lowest BCUT2D eigenvalue weighted by molar-refractivity contribution is 0.475. The van der Waals surface area contributed by atoms with Gasteiger partial charge in [-0.25, -0.2) is 0 Å². The van der Waals surface area contributed by atoms with Crippen molar-refractivity contribution in [1.29, 1.82) is 0 Å². The lowest BCUT2D eigenvalue weighted by atomic mass is 10.3. The Morgan fingerprint density at radius 3 is 0.750 bits per heavy atom. The van der Waals surface area contributed by atoms with E-state index in [0.29, 0.717) is 11.5 Å². The van der Waals surface area contributed by atoms with Gasteiger partial charge in [-0.1, -0.05) is 36.4 Å². The summed E-state index contributed by atoms with van der Waals surface area (Å²) < 4.78 is 0. The van der Waals surface area contributed by atoms with E-state index in [0.717, 1.165) is 0 Å². The minimum atomic E-state index is 0.322. The molecule has 0 unspecified atom stereocenters. The summed E-state index contributed by atoms with van der Waals surface area (Å²) >= 11 is 0. The maximum Gasteiger partial charge on any atom is 0.115 e. The summed E-state index contributed by atoms with van der Waals surface area (Å²) in [6.45, 7) is 18.0. The molecule has 0 atom stereocenters. The number of benzene rings is 2. The van der Waals surface area contributed by atoms with E-state index in [9.17, 15) is 0 Å². The van der Waals surface area contributed by atoms with E-state index in [2.05, 4.69) is 39.5 Å². The fraction of sp³-hybridized carbons (Fsp3) is 0. The predicted octanol–water partition coefficient (Wildman–Crippen LogP) is 5.19. The smallest absolute Gasteiger partial charge is 0.115 e. The minimum Gasteiger partial charge on any atom is -0.508 e. The Hall–Kier alpha value is -2.74. The SMILES string of the molecule is C=C.C=C.C=C.Oc1ccccc1.Oc1ccccc1. The molecule has 2 N–H and O–H groups in total. The van der Waals surface area contributed by atoms with Gasteiger partial charge in [-0.3, -0.25) is 0 Å². The van der Waals surface area contributed by atoms with E-state index in [1.807, 2.05) is 12.1 Å². The lowest BCUT2D eigenvalue weighted by Gasteiger charge is -1.82. The van der Waals surface area contributed by atoms with Crippen LogP contribution in [0.15, 0.2) is 100 Å². The summed E-state index contributed by atoms with van der Waals surface area (Å²) in [6.07, 6.45) is 0. The molecule has 0 aromatic heterocycles. The van der Waals surface area contributed by atoms with Gasteiger partial charge < -0.3 is 10.2 Å². The Labute approximate surface area is 122 Å². The standard InChI is InChI=1S/2C6H6O.3C2H4/c2*7-6-4-2-1-3-5-6;3*1-2/h2*1-5,7H;3*1-2H2. The fourth-order valence-corrected chi connectivity index (χ4v) is 0.856. The van der Waals surface area contributed by atoms with Crippen molar-refractivity contribution >= 4 is 0 Å². The summed E-state index contributed by atoms with van der Waals surface area (Å²) in [5, 5.41) is 17.3. The summed E-state index contributed by atoms with van der Waals surface area (Å²) in [4.78, 5) is 0. The van der Waals surface area contributed by atoms with Gasteiger partial charge in [0.2, 0.25) is 0 Å². The second-order valence-corrected chi connectivity index (χ2v) is 2.67. The molecule has 0 spiro atoms. The molecule has 108 valence electrons. The summed E-state index contributed by atoms with van der Waals surface area (Å²) in [5.41, 5.74) is 0. The largest absolute Gasteiger partial charge is 0.508 e. The van der Waals surface area contributed by atoms with E-state index in [1.165, 1.54) is 0 Å². The Kier molecular flexibility index (Phi) is 24.2. The highest BCUT2D eigenvalue weighted by Crippen LogP contribution is 2.03. The highest BCUT2D eigenvalue weighted by molar-refractivity contribution is 5.19. The van der Waals surface area contributed by atoms with Crippen LogP contribution >= 0.6 is 0 Å². The maximum atomic E-state index is 8.63. The summed E-state index contributed by atoms with van der Waals surface area (Å²) in [7, 11) is 0. The third kappa shape index (κ3) is 17.6. The molecule has 0 aliphatic carbocycles. The Morgan fingerprint density at radius 2 is 0.650 bits per heavy atom. The zero-order valence-electron chi connectivity index (χ0n) is 11.9. The number of aromatic hydroxyl groups is 2. The normalized spacial score (nSPS) is 6.60. The van der Waals surface area contributed by atoms with Gasteiger partial charge in [0.1, 0.15) is 11.5 Å². The van der Waals surface area contributed by atoms with Crippen LogP contribution < -0.4 is 0 Å². The molecule has 0 bridgehead atoms. The Balaban J connectivity index is -0.000000211. The van der Waals surface area contributed by atoms with Crippen LogP contribution in [0.2, 0.25) is 0 Å². The van der Waals surface area contributed by atoms with Gasteiger partial charge >= 0.3 is 0 Å². The number of para-hydroxylation sites is 2. The van der Waals surface area contributed by atoms with E-state index in [1.54, 1.807) is 48.5 Å². The van der Waals surface area contributed by atoms with Crippen LogP contribution in [0, 0.1) is 0 Å². The van der Waals surface area contributed by atoms with Crippen LogP contribution in [0.1, 0.15) is 0 Å². The predicted molar refractivity (Wildman–Crippen MR) is 90.0 cm³/mol. The highest BCUT2D eigenvalue weighted by Gasteiger charge is 1.75. The van der Waals surface area contributed by atoms with Crippen LogP contribution in [0.4, 0.5) is 0 Å². The number of rotatable bonds is 0. The van der Waals surface area contributed by atoms with Crippen molar-refractivity contribution in [1.82, 2.24) is 0 Å². The molecule has 0 fully saturated rings. The fourth-order valence-electron chi connectivity index (χ4n) is 0.856. The first kappa shape index (κ1) is 22.4. The van der Waals surface area contributed by atoms with Crippen LogP contribution in [0.25, 0.3) is 0 Å². The molecule has 0 saturated heterocycles. The Morgan fingerprint density at radius 1 is 0.450 bits per heavy atom. The second-order valence-electron chi connectivity index (χ2n) is 2.67. The maximum absolute atomic E-state index is 8.63. The number of phenolic OH excluding ortho intramolecular Hbond substituents is 2. The van der Waals surface area contributed by atoms with Gasteiger partial charge in [0, 0.05) is 0 Å². The molecular weight excluding hydrogens is 248 g/mol. The average Bonchev–Trinajstić information content (AvgIpc) is 2.55. The molecule has 2 aromatic carbocycles. The van der Waals surface area contributed by atoms with Crippen molar-refractivity contribution in [3.63, 3.8) is 0 Å². The first-order valence-electron chi connectivity index (χ1n) is 5.77. The zero-order chi connectivity index (χ0) is 16.2. The van der Waals surface area contributed by atoms with E-state index in [-0.39, 0.29) is 0 Å². The number of phenols is 2. The molecular formula is C18H24O2. The molecule has 2 rings (SSSR count). The molecule has 0 aliphatic rings.